The summed E-state index contributed by atoms with van der Waals surface area (Å²) in [5, 5.41) is 9.48. The zero-order valence-electron chi connectivity index (χ0n) is 11.2. The van der Waals surface area contributed by atoms with Gasteiger partial charge in [-0.05, 0) is 32.7 Å². The quantitative estimate of drug-likeness (QED) is 0.775. The molecule has 1 rings (SSSR count). The van der Waals surface area contributed by atoms with E-state index in [0.717, 1.165) is 25.8 Å². The van der Waals surface area contributed by atoms with Gasteiger partial charge in [0.05, 0.1) is 6.61 Å². The molecule has 0 saturated carbocycles. The molecular formula is C13H25NO3. The molecule has 1 saturated heterocycles. The summed E-state index contributed by atoms with van der Waals surface area (Å²) >= 11 is 0. The molecule has 0 spiro atoms. The van der Waals surface area contributed by atoms with Crippen LogP contribution in [0.3, 0.4) is 0 Å². The molecule has 0 aliphatic carbocycles. The first-order valence-electron chi connectivity index (χ1n) is 6.61. The van der Waals surface area contributed by atoms with E-state index >= 15 is 0 Å². The molecule has 1 fully saturated rings. The van der Waals surface area contributed by atoms with Crippen LogP contribution in [0.15, 0.2) is 0 Å². The normalized spacial score (nSPS) is 27.1. The van der Waals surface area contributed by atoms with E-state index in [1.54, 1.807) is 0 Å². The zero-order valence-corrected chi connectivity index (χ0v) is 11.2. The first-order chi connectivity index (χ1) is 8.05. The summed E-state index contributed by atoms with van der Waals surface area (Å²) in [5.41, 5.74) is -0.697. The standard InChI is InChI=1S/C13H25NO3/c1-4-11(3)14(5-2)9-13(12(15)16)7-6-8-17-10-13/h11H,4-10H2,1-3H3,(H,15,16). The average Bonchev–Trinajstić information content (AvgIpc) is 2.36. The van der Waals surface area contributed by atoms with Crippen LogP contribution >= 0.6 is 0 Å². The van der Waals surface area contributed by atoms with Crippen molar-refractivity contribution in [1.82, 2.24) is 4.90 Å². The average molecular weight is 243 g/mol. The lowest BCUT2D eigenvalue weighted by atomic mass is 9.81. The van der Waals surface area contributed by atoms with Crippen LogP contribution in [-0.2, 0) is 9.53 Å². The number of aliphatic carboxylic acids is 1. The van der Waals surface area contributed by atoms with Crippen LogP contribution in [0.5, 0.6) is 0 Å². The van der Waals surface area contributed by atoms with E-state index < -0.39 is 11.4 Å². The van der Waals surface area contributed by atoms with Crippen molar-refractivity contribution in [2.24, 2.45) is 5.41 Å². The number of hydrogen-bond donors (Lipinski definition) is 1. The van der Waals surface area contributed by atoms with Gasteiger partial charge in [0.2, 0.25) is 0 Å². The molecule has 0 amide bonds. The smallest absolute Gasteiger partial charge is 0.313 e. The Balaban J connectivity index is 2.74. The van der Waals surface area contributed by atoms with E-state index in [1.165, 1.54) is 0 Å². The lowest BCUT2D eigenvalue weighted by molar-refractivity contribution is -0.159. The van der Waals surface area contributed by atoms with E-state index in [0.29, 0.717) is 25.8 Å². The second-order valence-corrected chi connectivity index (χ2v) is 5.06. The molecule has 0 aromatic rings. The summed E-state index contributed by atoms with van der Waals surface area (Å²) in [7, 11) is 0. The molecule has 0 aromatic carbocycles. The zero-order chi connectivity index (χ0) is 12.9. The highest BCUT2D eigenvalue weighted by atomic mass is 16.5. The van der Waals surface area contributed by atoms with Crippen molar-refractivity contribution < 1.29 is 14.6 Å². The molecule has 4 nitrogen and oxygen atoms in total. The third-order valence-electron chi connectivity index (χ3n) is 3.90. The van der Waals surface area contributed by atoms with Crippen molar-refractivity contribution in [3.8, 4) is 0 Å². The number of carbonyl (C=O) groups is 1. The SMILES string of the molecule is CCC(C)N(CC)CC1(C(=O)O)CCCOC1. The maximum absolute atomic E-state index is 11.5. The molecule has 2 unspecified atom stereocenters. The summed E-state index contributed by atoms with van der Waals surface area (Å²) < 4.78 is 5.40. The van der Waals surface area contributed by atoms with Gasteiger partial charge in [0.25, 0.3) is 0 Å². The van der Waals surface area contributed by atoms with Crippen molar-refractivity contribution >= 4 is 5.97 Å². The first-order valence-corrected chi connectivity index (χ1v) is 6.61. The molecule has 1 aliphatic heterocycles. The predicted molar refractivity (Wildman–Crippen MR) is 67.1 cm³/mol. The van der Waals surface area contributed by atoms with Crippen LogP contribution in [0.4, 0.5) is 0 Å². The second kappa shape index (κ2) is 6.36. The van der Waals surface area contributed by atoms with Gasteiger partial charge < -0.3 is 9.84 Å². The van der Waals surface area contributed by atoms with Crippen molar-refractivity contribution in [3.63, 3.8) is 0 Å². The molecule has 2 atom stereocenters. The Hall–Kier alpha value is -0.610. The summed E-state index contributed by atoms with van der Waals surface area (Å²) in [6.07, 6.45) is 2.63. The monoisotopic (exact) mass is 243 g/mol. The Kier molecular flexibility index (Phi) is 5.40. The Morgan fingerprint density at radius 2 is 2.24 bits per heavy atom. The molecule has 0 aromatic heterocycles. The first kappa shape index (κ1) is 14.5. The topological polar surface area (TPSA) is 49.8 Å². The minimum Gasteiger partial charge on any atom is -0.481 e. The van der Waals surface area contributed by atoms with Crippen LogP contribution in [0.1, 0.15) is 40.0 Å². The Bertz CT molecular complexity index is 249. The lowest BCUT2D eigenvalue weighted by Crippen LogP contribution is -2.50. The Labute approximate surface area is 104 Å². The van der Waals surface area contributed by atoms with E-state index in [-0.39, 0.29) is 0 Å². The molecule has 100 valence electrons. The van der Waals surface area contributed by atoms with Gasteiger partial charge >= 0.3 is 5.97 Å². The fraction of sp³-hybridized carbons (Fsp3) is 0.923. The molecule has 1 heterocycles. The van der Waals surface area contributed by atoms with Crippen LogP contribution < -0.4 is 0 Å². The molecule has 1 N–H and O–H groups in total. The van der Waals surface area contributed by atoms with Crippen molar-refractivity contribution in [2.75, 3.05) is 26.3 Å². The highest BCUT2D eigenvalue weighted by Gasteiger charge is 2.42. The number of carboxylic acid groups (broad SMARTS) is 1. The highest BCUT2D eigenvalue weighted by Crippen LogP contribution is 2.31. The third-order valence-corrected chi connectivity index (χ3v) is 3.90. The number of rotatable bonds is 6. The molecule has 1 aliphatic rings. The van der Waals surface area contributed by atoms with E-state index in [9.17, 15) is 9.90 Å². The molecular weight excluding hydrogens is 218 g/mol. The van der Waals surface area contributed by atoms with Crippen LogP contribution in [0, 0.1) is 5.41 Å². The number of nitrogens with zero attached hydrogens (tertiary/aromatic N) is 1. The van der Waals surface area contributed by atoms with E-state index in [2.05, 4.69) is 25.7 Å². The molecule has 17 heavy (non-hydrogen) atoms. The van der Waals surface area contributed by atoms with Gasteiger partial charge in [-0.3, -0.25) is 9.69 Å². The minimum atomic E-state index is -0.709. The molecule has 0 radical (unpaired) electrons. The fourth-order valence-electron chi connectivity index (χ4n) is 2.44. The number of ether oxygens (including phenoxy) is 1. The van der Waals surface area contributed by atoms with Crippen LogP contribution in [0.25, 0.3) is 0 Å². The highest BCUT2D eigenvalue weighted by molar-refractivity contribution is 5.75. The van der Waals surface area contributed by atoms with Crippen LogP contribution in [-0.4, -0.2) is 48.3 Å². The largest absolute Gasteiger partial charge is 0.481 e. The Morgan fingerprint density at radius 3 is 2.65 bits per heavy atom. The summed E-state index contributed by atoms with van der Waals surface area (Å²) in [6, 6.07) is 0.429. The lowest BCUT2D eigenvalue weighted by Gasteiger charge is -2.39. The van der Waals surface area contributed by atoms with Gasteiger partial charge in [-0.2, -0.15) is 0 Å². The van der Waals surface area contributed by atoms with Gasteiger partial charge in [0.15, 0.2) is 0 Å². The van der Waals surface area contributed by atoms with Crippen molar-refractivity contribution in [2.45, 2.75) is 46.1 Å². The summed E-state index contributed by atoms with van der Waals surface area (Å²) in [5.74, 6) is -0.709. The van der Waals surface area contributed by atoms with Crippen molar-refractivity contribution in [1.29, 1.82) is 0 Å². The minimum absolute atomic E-state index is 0.356. The third kappa shape index (κ3) is 3.42. The van der Waals surface area contributed by atoms with E-state index in [1.807, 2.05) is 0 Å². The Morgan fingerprint density at radius 1 is 1.53 bits per heavy atom. The predicted octanol–water partition coefficient (Wildman–Crippen LogP) is 1.99. The maximum Gasteiger partial charge on any atom is 0.313 e. The van der Waals surface area contributed by atoms with Gasteiger partial charge in [-0.15, -0.1) is 0 Å². The van der Waals surface area contributed by atoms with Crippen LogP contribution in [0.2, 0.25) is 0 Å². The summed E-state index contributed by atoms with van der Waals surface area (Å²) in [4.78, 5) is 13.8. The van der Waals surface area contributed by atoms with Gasteiger partial charge in [0, 0.05) is 19.2 Å². The number of hydrogen-bond acceptors (Lipinski definition) is 3. The van der Waals surface area contributed by atoms with Crippen molar-refractivity contribution in [3.05, 3.63) is 0 Å². The summed E-state index contributed by atoms with van der Waals surface area (Å²) in [6.45, 7) is 8.93. The number of carboxylic acids is 1. The van der Waals surface area contributed by atoms with Gasteiger partial charge in [0.1, 0.15) is 5.41 Å². The van der Waals surface area contributed by atoms with E-state index in [4.69, 9.17) is 4.74 Å². The second-order valence-electron chi connectivity index (χ2n) is 5.06. The van der Waals surface area contributed by atoms with Gasteiger partial charge in [-0.1, -0.05) is 13.8 Å². The molecule has 4 heteroatoms. The fourth-order valence-corrected chi connectivity index (χ4v) is 2.44. The maximum atomic E-state index is 11.5. The molecule has 0 bridgehead atoms. The van der Waals surface area contributed by atoms with Gasteiger partial charge in [-0.25, -0.2) is 0 Å².